The SMILES string of the molecule is COCCCCn1cc(C(=O)N(C(C)C)[C@@H]2CCCNC2)c(=O)c2cccc(F)c21. The molecule has 1 N–H and O–H groups in total. The Kier molecular flexibility index (Phi) is 7.61. The van der Waals surface area contributed by atoms with Gasteiger partial charge in [-0.1, -0.05) is 6.07 Å². The number of aromatic nitrogens is 1. The molecule has 1 fully saturated rings. The Bertz CT molecular complexity index is 935. The average molecular weight is 418 g/mol. The van der Waals surface area contributed by atoms with E-state index in [0.717, 1.165) is 38.8 Å². The third-order valence-electron chi connectivity index (χ3n) is 5.73. The van der Waals surface area contributed by atoms with Crippen LogP contribution in [0.25, 0.3) is 10.9 Å². The highest BCUT2D eigenvalue weighted by Crippen LogP contribution is 2.20. The van der Waals surface area contributed by atoms with Crippen LogP contribution >= 0.6 is 0 Å². The fourth-order valence-corrected chi connectivity index (χ4v) is 4.30. The van der Waals surface area contributed by atoms with E-state index >= 15 is 0 Å². The topological polar surface area (TPSA) is 63.6 Å². The normalized spacial score (nSPS) is 16.9. The number of amides is 1. The molecule has 0 aliphatic carbocycles. The lowest BCUT2D eigenvalue weighted by molar-refractivity contribution is 0.0571. The molecule has 7 heteroatoms. The molecule has 1 aromatic carbocycles. The van der Waals surface area contributed by atoms with Gasteiger partial charge in [0.2, 0.25) is 5.43 Å². The number of hydrogen-bond acceptors (Lipinski definition) is 4. The summed E-state index contributed by atoms with van der Waals surface area (Å²) in [6, 6.07) is 4.48. The number of methoxy groups -OCH3 is 1. The summed E-state index contributed by atoms with van der Waals surface area (Å²) in [6.45, 7) is 6.72. The van der Waals surface area contributed by atoms with Gasteiger partial charge in [-0.3, -0.25) is 9.59 Å². The highest BCUT2D eigenvalue weighted by molar-refractivity contribution is 5.97. The minimum absolute atomic E-state index is 0.0415. The Morgan fingerprint density at radius 1 is 1.37 bits per heavy atom. The number of unbranched alkanes of at least 4 members (excludes halogenated alkanes) is 1. The molecule has 6 nitrogen and oxygen atoms in total. The molecule has 1 saturated heterocycles. The third-order valence-corrected chi connectivity index (χ3v) is 5.73. The number of benzene rings is 1. The molecule has 2 heterocycles. The van der Waals surface area contributed by atoms with Gasteiger partial charge in [-0.15, -0.1) is 0 Å². The highest BCUT2D eigenvalue weighted by atomic mass is 19.1. The summed E-state index contributed by atoms with van der Waals surface area (Å²) in [7, 11) is 1.64. The first-order valence-electron chi connectivity index (χ1n) is 10.8. The third kappa shape index (κ3) is 4.73. The van der Waals surface area contributed by atoms with Gasteiger partial charge < -0.3 is 19.5 Å². The van der Waals surface area contributed by atoms with Crippen molar-refractivity contribution >= 4 is 16.8 Å². The number of carbonyl (C=O) groups is 1. The molecule has 1 aliphatic heterocycles. The summed E-state index contributed by atoms with van der Waals surface area (Å²) in [4.78, 5) is 28.5. The van der Waals surface area contributed by atoms with Gasteiger partial charge in [0.15, 0.2) is 0 Å². The van der Waals surface area contributed by atoms with E-state index in [1.54, 1.807) is 23.9 Å². The molecule has 0 radical (unpaired) electrons. The van der Waals surface area contributed by atoms with E-state index in [2.05, 4.69) is 5.32 Å². The molecule has 1 aromatic heterocycles. The van der Waals surface area contributed by atoms with Crippen molar-refractivity contribution in [3.63, 3.8) is 0 Å². The second kappa shape index (κ2) is 10.2. The number of carbonyl (C=O) groups excluding carboxylic acids is 1. The first-order chi connectivity index (χ1) is 14.5. The van der Waals surface area contributed by atoms with Crippen LogP contribution in [0.4, 0.5) is 4.39 Å². The average Bonchev–Trinajstić information content (AvgIpc) is 2.73. The molecular weight excluding hydrogens is 385 g/mol. The number of halogens is 1. The summed E-state index contributed by atoms with van der Waals surface area (Å²) < 4.78 is 21.4. The Morgan fingerprint density at radius 3 is 2.83 bits per heavy atom. The van der Waals surface area contributed by atoms with Crippen molar-refractivity contribution in [2.24, 2.45) is 0 Å². The lowest BCUT2D eigenvalue weighted by Crippen LogP contribution is -2.52. The molecule has 164 valence electrons. The standard InChI is InChI=1S/C23H32FN3O3/c1-16(2)27(17-8-7-11-25-14-17)23(29)19-15-26(12-4-5-13-30-3)21-18(22(19)28)9-6-10-20(21)24/h6,9-10,15-17,25H,4-5,7-8,11-14H2,1-3H3/t17-/m1/s1. The maximum Gasteiger partial charge on any atom is 0.259 e. The predicted molar refractivity (Wildman–Crippen MR) is 116 cm³/mol. The van der Waals surface area contributed by atoms with Crippen LogP contribution in [0.5, 0.6) is 0 Å². The van der Waals surface area contributed by atoms with Gasteiger partial charge in [0.1, 0.15) is 11.4 Å². The lowest BCUT2D eigenvalue weighted by Gasteiger charge is -2.37. The minimum Gasteiger partial charge on any atom is -0.385 e. The number of nitrogens with one attached hydrogen (secondary N) is 1. The second-order valence-electron chi connectivity index (χ2n) is 8.21. The predicted octanol–water partition coefficient (Wildman–Crippen LogP) is 3.17. The minimum atomic E-state index is -0.451. The van der Waals surface area contributed by atoms with Crippen LogP contribution < -0.4 is 10.7 Å². The van der Waals surface area contributed by atoms with E-state index in [0.29, 0.717) is 13.2 Å². The molecule has 1 aliphatic rings. The number of piperidine rings is 1. The zero-order valence-corrected chi connectivity index (χ0v) is 18.1. The smallest absolute Gasteiger partial charge is 0.259 e. The molecule has 30 heavy (non-hydrogen) atoms. The molecule has 0 bridgehead atoms. The zero-order chi connectivity index (χ0) is 21.7. The van der Waals surface area contributed by atoms with Crippen molar-refractivity contribution in [3.8, 4) is 0 Å². The van der Waals surface area contributed by atoms with Crippen molar-refractivity contribution < 1.29 is 13.9 Å². The molecule has 1 atom stereocenters. The number of nitrogens with zero attached hydrogens (tertiary/aromatic N) is 2. The van der Waals surface area contributed by atoms with Gasteiger partial charge in [0, 0.05) is 50.5 Å². The fourth-order valence-electron chi connectivity index (χ4n) is 4.30. The molecule has 1 amide bonds. The summed E-state index contributed by atoms with van der Waals surface area (Å²) >= 11 is 0. The molecule has 3 rings (SSSR count). The number of aryl methyl sites for hydroxylation is 1. The van der Waals surface area contributed by atoms with E-state index in [1.807, 2.05) is 18.7 Å². The Balaban J connectivity index is 2.04. The van der Waals surface area contributed by atoms with Crippen LogP contribution in [0.15, 0.2) is 29.2 Å². The second-order valence-corrected chi connectivity index (χ2v) is 8.21. The van der Waals surface area contributed by atoms with Crippen LogP contribution in [-0.2, 0) is 11.3 Å². The van der Waals surface area contributed by atoms with Crippen LogP contribution in [0, 0.1) is 5.82 Å². The van der Waals surface area contributed by atoms with Gasteiger partial charge in [-0.25, -0.2) is 4.39 Å². The number of fused-ring (bicyclic) bond motifs is 1. The quantitative estimate of drug-likeness (QED) is 0.670. The van der Waals surface area contributed by atoms with Crippen LogP contribution in [0.2, 0.25) is 0 Å². The number of hydrogen-bond donors (Lipinski definition) is 1. The van der Waals surface area contributed by atoms with Gasteiger partial charge in [0.25, 0.3) is 5.91 Å². The van der Waals surface area contributed by atoms with E-state index < -0.39 is 11.2 Å². The van der Waals surface area contributed by atoms with E-state index in [-0.39, 0.29) is 34.5 Å². The van der Waals surface area contributed by atoms with Crippen LogP contribution in [0.3, 0.4) is 0 Å². The molecule has 0 spiro atoms. The maximum atomic E-state index is 14.6. The van der Waals surface area contributed by atoms with Gasteiger partial charge >= 0.3 is 0 Å². The summed E-state index contributed by atoms with van der Waals surface area (Å²) in [5, 5.41) is 3.59. The summed E-state index contributed by atoms with van der Waals surface area (Å²) in [5.41, 5.74) is -0.0388. The number of pyridine rings is 1. The first-order valence-corrected chi connectivity index (χ1v) is 10.8. The largest absolute Gasteiger partial charge is 0.385 e. The Hall–Kier alpha value is -2.25. The van der Waals surface area contributed by atoms with Crippen molar-refractivity contribution in [2.75, 3.05) is 26.8 Å². The fraction of sp³-hybridized carbons (Fsp3) is 0.565. The summed E-state index contributed by atoms with van der Waals surface area (Å²) in [6.07, 6.45) is 5.02. The number of para-hydroxylation sites is 1. The van der Waals surface area contributed by atoms with Gasteiger partial charge in [0.05, 0.1) is 5.52 Å². The monoisotopic (exact) mass is 417 g/mol. The van der Waals surface area contributed by atoms with Gasteiger partial charge in [-0.2, -0.15) is 0 Å². The zero-order valence-electron chi connectivity index (χ0n) is 18.1. The molecule has 0 unspecified atom stereocenters. The van der Waals surface area contributed by atoms with E-state index in [9.17, 15) is 14.0 Å². The molecule has 0 saturated carbocycles. The maximum absolute atomic E-state index is 14.6. The number of rotatable bonds is 8. The lowest BCUT2D eigenvalue weighted by atomic mass is 10.0. The van der Waals surface area contributed by atoms with Crippen LogP contribution in [0.1, 0.15) is 49.9 Å². The van der Waals surface area contributed by atoms with E-state index in [4.69, 9.17) is 4.74 Å². The Morgan fingerprint density at radius 2 is 2.17 bits per heavy atom. The van der Waals surface area contributed by atoms with Crippen LogP contribution in [-0.4, -0.2) is 54.3 Å². The van der Waals surface area contributed by atoms with Crippen molar-refractivity contribution in [3.05, 3.63) is 46.0 Å². The van der Waals surface area contributed by atoms with Crippen molar-refractivity contribution in [1.82, 2.24) is 14.8 Å². The summed E-state index contributed by atoms with van der Waals surface area (Å²) in [5.74, 6) is -0.729. The molecule has 2 aromatic rings. The van der Waals surface area contributed by atoms with E-state index in [1.165, 1.54) is 12.1 Å². The van der Waals surface area contributed by atoms with Gasteiger partial charge in [-0.05, 0) is 58.2 Å². The first kappa shape index (κ1) is 22.4. The number of ether oxygens (including phenoxy) is 1. The Labute approximate surface area is 177 Å². The van der Waals surface area contributed by atoms with Crippen molar-refractivity contribution in [1.29, 1.82) is 0 Å². The van der Waals surface area contributed by atoms with Crippen molar-refractivity contribution in [2.45, 2.75) is 58.2 Å². The highest BCUT2D eigenvalue weighted by Gasteiger charge is 2.30. The molecular formula is C23H32FN3O3.